The third-order valence-corrected chi connectivity index (χ3v) is 2.03. The molecule has 0 aliphatic rings. The summed E-state index contributed by atoms with van der Waals surface area (Å²) in [6, 6.07) is 4.83. The van der Waals surface area contributed by atoms with E-state index in [0.29, 0.717) is 16.8 Å². The monoisotopic (exact) mass is 234 g/mol. The Labute approximate surface area is 99.0 Å². The summed E-state index contributed by atoms with van der Waals surface area (Å²) in [6.07, 6.45) is 3.42. The number of amides is 1. The molecule has 5 heteroatoms. The van der Waals surface area contributed by atoms with Gasteiger partial charge in [-0.2, -0.15) is 0 Å². The predicted molar refractivity (Wildman–Crippen MR) is 65.0 cm³/mol. The number of primary amides is 1. The lowest BCUT2D eigenvalue weighted by Gasteiger charge is -2.03. The van der Waals surface area contributed by atoms with Crippen molar-refractivity contribution in [2.24, 2.45) is 5.73 Å². The van der Waals surface area contributed by atoms with Crippen molar-refractivity contribution < 1.29 is 14.3 Å². The van der Waals surface area contributed by atoms with Crippen LogP contribution in [-0.4, -0.2) is 19.0 Å². The Hall–Kier alpha value is -2.30. The number of hydrogen-bond acceptors (Lipinski definition) is 4. The molecule has 0 fully saturated rings. The molecular formula is C12H14N2O3. The number of esters is 1. The number of carbonyl (C=O) groups excluding carboxylic acids is 2. The zero-order chi connectivity index (χ0) is 12.8. The van der Waals surface area contributed by atoms with Crippen LogP contribution in [0.25, 0.3) is 6.08 Å². The van der Waals surface area contributed by atoms with Gasteiger partial charge in [0.1, 0.15) is 0 Å². The molecule has 5 nitrogen and oxygen atoms in total. The fraction of sp³-hybridized carbons (Fsp3) is 0.167. The third kappa shape index (κ3) is 3.98. The van der Waals surface area contributed by atoms with Crippen molar-refractivity contribution in [3.63, 3.8) is 0 Å². The highest BCUT2D eigenvalue weighted by molar-refractivity contribution is 5.91. The molecule has 90 valence electrons. The van der Waals surface area contributed by atoms with E-state index in [0.717, 1.165) is 0 Å². The highest BCUT2D eigenvalue weighted by atomic mass is 16.5. The van der Waals surface area contributed by atoms with Gasteiger partial charge in [0.05, 0.1) is 12.7 Å². The van der Waals surface area contributed by atoms with E-state index in [1.165, 1.54) is 13.2 Å². The quantitative estimate of drug-likeness (QED) is 0.598. The van der Waals surface area contributed by atoms with Crippen LogP contribution in [-0.2, 0) is 9.53 Å². The molecule has 0 saturated heterocycles. The van der Waals surface area contributed by atoms with Gasteiger partial charge >= 0.3 is 5.97 Å². The van der Waals surface area contributed by atoms with Gasteiger partial charge in [0.25, 0.3) is 0 Å². The van der Waals surface area contributed by atoms with Gasteiger partial charge in [0.15, 0.2) is 0 Å². The van der Waals surface area contributed by atoms with Crippen LogP contribution in [0.1, 0.15) is 22.3 Å². The molecule has 0 saturated carbocycles. The van der Waals surface area contributed by atoms with Crippen LogP contribution in [0.4, 0.5) is 5.69 Å². The van der Waals surface area contributed by atoms with Crippen molar-refractivity contribution in [2.45, 2.75) is 6.42 Å². The molecule has 0 bridgehead atoms. The Morgan fingerprint density at radius 2 is 2.06 bits per heavy atom. The van der Waals surface area contributed by atoms with E-state index in [-0.39, 0.29) is 6.42 Å². The largest absolute Gasteiger partial charge is 0.465 e. The average molecular weight is 234 g/mol. The number of benzene rings is 1. The molecule has 1 aromatic rings. The molecule has 0 radical (unpaired) electrons. The second-order valence-electron chi connectivity index (χ2n) is 3.45. The van der Waals surface area contributed by atoms with Crippen LogP contribution in [0.2, 0.25) is 0 Å². The maximum atomic E-state index is 11.3. The number of rotatable bonds is 4. The minimum absolute atomic E-state index is 0.141. The Morgan fingerprint density at radius 1 is 1.35 bits per heavy atom. The third-order valence-electron chi connectivity index (χ3n) is 2.03. The zero-order valence-electron chi connectivity index (χ0n) is 9.47. The normalized spacial score (nSPS) is 10.4. The second-order valence-corrected chi connectivity index (χ2v) is 3.45. The van der Waals surface area contributed by atoms with Gasteiger partial charge < -0.3 is 16.2 Å². The van der Waals surface area contributed by atoms with Crippen molar-refractivity contribution >= 4 is 23.6 Å². The Bertz CT molecular complexity index is 467. The summed E-state index contributed by atoms with van der Waals surface area (Å²) in [5, 5.41) is 0. The topological polar surface area (TPSA) is 95.4 Å². The molecular weight excluding hydrogens is 220 g/mol. The van der Waals surface area contributed by atoms with E-state index in [2.05, 4.69) is 4.74 Å². The smallest absolute Gasteiger partial charge is 0.337 e. The summed E-state index contributed by atoms with van der Waals surface area (Å²) < 4.78 is 4.60. The SMILES string of the molecule is COC(=O)c1cc(N)cc(C=CCC(N)=O)c1. The van der Waals surface area contributed by atoms with Crippen LogP contribution in [0.3, 0.4) is 0 Å². The summed E-state index contributed by atoms with van der Waals surface area (Å²) in [5.41, 5.74) is 12.2. The molecule has 0 unspecified atom stereocenters. The molecule has 0 aliphatic carbocycles. The maximum absolute atomic E-state index is 11.3. The fourth-order valence-corrected chi connectivity index (χ4v) is 1.32. The van der Waals surface area contributed by atoms with Crippen LogP contribution in [0.5, 0.6) is 0 Å². The molecule has 4 N–H and O–H groups in total. The molecule has 0 aromatic heterocycles. The van der Waals surface area contributed by atoms with Crippen molar-refractivity contribution in [1.29, 1.82) is 0 Å². The second kappa shape index (κ2) is 5.69. The number of ether oxygens (including phenoxy) is 1. The number of carbonyl (C=O) groups is 2. The highest BCUT2D eigenvalue weighted by Crippen LogP contribution is 2.14. The zero-order valence-corrected chi connectivity index (χ0v) is 9.47. The highest BCUT2D eigenvalue weighted by Gasteiger charge is 2.06. The van der Waals surface area contributed by atoms with Crippen LogP contribution in [0, 0.1) is 0 Å². The molecule has 0 spiro atoms. The molecule has 0 aliphatic heterocycles. The van der Waals surface area contributed by atoms with Crippen molar-refractivity contribution in [3.05, 3.63) is 35.4 Å². The Kier molecular flexibility index (Phi) is 4.28. The van der Waals surface area contributed by atoms with E-state index >= 15 is 0 Å². The first-order valence-electron chi connectivity index (χ1n) is 4.96. The van der Waals surface area contributed by atoms with E-state index in [1.807, 2.05) is 0 Å². The average Bonchev–Trinajstić information content (AvgIpc) is 2.26. The first-order chi connectivity index (χ1) is 8.02. The summed E-state index contributed by atoms with van der Waals surface area (Å²) in [5.74, 6) is -0.875. The lowest BCUT2D eigenvalue weighted by molar-refractivity contribution is -0.117. The number of anilines is 1. The van der Waals surface area contributed by atoms with Crippen LogP contribution < -0.4 is 11.5 Å². The molecule has 0 heterocycles. The van der Waals surface area contributed by atoms with Crippen LogP contribution >= 0.6 is 0 Å². The van der Waals surface area contributed by atoms with E-state index in [1.54, 1.807) is 24.3 Å². The first kappa shape index (κ1) is 12.8. The number of hydrogen-bond donors (Lipinski definition) is 2. The first-order valence-corrected chi connectivity index (χ1v) is 4.96. The van der Waals surface area contributed by atoms with Crippen molar-refractivity contribution in [3.8, 4) is 0 Å². The minimum atomic E-state index is -0.457. The van der Waals surface area contributed by atoms with Gasteiger partial charge in [-0.25, -0.2) is 4.79 Å². The molecule has 1 amide bonds. The van der Waals surface area contributed by atoms with E-state index in [9.17, 15) is 9.59 Å². The maximum Gasteiger partial charge on any atom is 0.337 e. The van der Waals surface area contributed by atoms with Gasteiger partial charge in [0, 0.05) is 12.1 Å². The van der Waals surface area contributed by atoms with Gasteiger partial charge in [-0.15, -0.1) is 0 Å². The van der Waals surface area contributed by atoms with Gasteiger partial charge in [-0.1, -0.05) is 12.2 Å². The molecule has 0 atom stereocenters. The Balaban J connectivity index is 2.93. The van der Waals surface area contributed by atoms with Crippen molar-refractivity contribution in [1.82, 2.24) is 0 Å². The fourth-order valence-electron chi connectivity index (χ4n) is 1.32. The van der Waals surface area contributed by atoms with Gasteiger partial charge in [-0.05, 0) is 23.8 Å². The van der Waals surface area contributed by atoms with E-state index in [4.69, 9.17) is 11.5 Å². The van der Waals surface area contributed by atoms with Gasteiger partial charge in [-0.3, -0.25) is 4.79 Å². The summed E-state index contributed by atoms with van der Waals surface area (Å²) in [4.78, 5) is 21.9. The molecule has 1 aromatic carbocycles. The van der Waals surface area contributed by atoms with Crippen molar-refractivity contribution in [2.75, 3.05) is 12.8 Å². The standard InChI is InChI=1S/C12H14N2O3/c1-17-12(16)9-5-8(6-10(13)7-9)3-2-4-11(14)15/h2-3,5-7H,4,13H2,1H3,(H2,14,15). The van der Waals surface area contributed by atoms with Gasteiger partial charge in [0.2, 0.25) is 5.91 Å². The summed E-state index contributed by atoms with van der Waals surface area (Å²) in [7, 11) is 1.30. The molecule has 1 rings (SSSR count). The number of methoxy groups -OCH3 is 1. The number of nitrogens with two attached hydrogens (primary N) is 2. The van der Waals surface area contributed by atoms with E-state index < -0.39 is 11.9 Å². The summed E-state index contributed by atoms with van der Waals surface area (Å²) >= 11 is 0. The lowest BCUT2D eigenvalue weighted by Crippen LogP contribution is -2.07. The molecule has 17 heavy (non-hydrogen) atoms. The minimum Gasteiger partial charge on any atom is -0.465 e. The van der Waals surface area contributed by atoms with Crippen LogP contribution in [0.15, 0.2) is 24.3 Å². The summed E-state index contributed by atoms with van der Waals surface area (Å²) in [6.45, 7) is 0. The number of nitrogen functional groups attached to an aromatic ring is 1. The predicted octanol–water partition coefficient (Wildman–Crippen LogP) is 0.944. The lowest BCUT2D eigenvalue weighted by atomic mass is 10.1. The Morgan fingerprint density at radius 3 is 2.65 bits per heavy atom.